The van der Waals surface area contributed by atoms with E-state index in [4.69, 9.17) is 10.5 Å². The van der Waals surface area contributed by atoms with E-state index < -0.39 is 0 Å². The highest BCUT2D eigenvalue weighted by Crippen LogP contribution is 2.23. The van der Waals surface area contributed by atoms with Crippen molar-refractivity contribution in [2.45, 2.75) is 51.6 Å². The number of rotatable bonds is 5. The molecule has 6 nitrogen and oxygen atoms in total. The summed E-state index contributed by atoms with van der Waals surface area (Å²) in [5.41, 5.74) is 5.22. The first-order chi connectivity index (χ1) is 10.5. The van der Waals surface area contributed by atoms with Crippen LogP contribution in [0.2, 0.25) is 0 Å². The summed E-state index contributed by atoms with van der Waals surface area (Å²) in [5.74, 6) is 0.754. The molecular formula is C16H29N3O3. The molecule has 22 heavy (non-hydrogen) atoms. The smallest absolute Gasteiger partial charge is 0.317 e. The average Bonchev–Trinajstić information content (AvgIpc) is 2.47. The molecule has 0 radical (unpaired) electrons. The maximum absolute atomic E-state index is 12.1. The number of hydrogen-bond acceptors (Lipinski definition) is 3. The van der Waals surface area contributed by atoms with Crippen molar-refractivity contribution in [3.63, 3.8) is 0 Å². The van der Waals surface area contributed by atoms with Gasteiger partial charge in [0.25, 0.3) is 0 Å². The van der Waals surface area contributed by atoms with Gasteiger partial charge in [0.15, 0.2) is 0 Å². The van der Waals surface area contributed by atoms with E-state index in [9.17, 15) is 9.59 Å². The summed E-state index contributed by atoms with van der Waals surface area (Å²) in [4.78, 5) is 24.9. The normalized spacial score (nSPS) is 26.7. The van der Waals surface area contributed by atoms with Gasteiger partial charge in [0.05, 0.1) is 6.10 Å². The van der Waals surface area contributed by atoms with Crippen molar-refractivity contribution in [3.05, 3.63) is 0 Å². The van der Waals surface area contributed by atoms with Gasteiger partial charge in [-0.1, -0.05) is 0 Å². The first-order valence-electron chi connectivity index (χ1n) is 8.47. The van der Waals surface area contributed by atoms with Crippen LogP contribution in [-0.2, 0) is 9.53 Å². The maximum Gasteiger partial charge on any atom is 0.317 e. The van der Waals surface area contributed by atoms with Crippen molar-refractivity contribution in [2.75, 3.05) is 26.2 Å². The fourth-order valence-corrected chi connectivity index (χ4v) is 3.47. The predicted molar refractivity (Wildman–Crippen MR) is 84.3 cm³/mol. The minimum Gasteiger partial charge on any atom is -0.378 e. The van der Waals surface area contributed by atoms with Gasteiger partial charge in [0.1, 0.15) is 0 Å². The van der Waals surface area contributed by atoms with Crippen molar-refractivity contribution >= 4 is 11.9 Å². The molecule has 2 aliphatic heterocycles. The molecule has 0 aromatic carbocycles. The van der Waals surface area contributed by atoms with Crippen LogP contribution in [0.4, 0.5) is 4.79 Å². The molecule has 126 valence electrons. The SMILES string of the molecule is CC1CC(CCNC(=O)N2CCC(CC(N)=O)CC2)CCO1. The Labute approximate surface area is 132 Å². The molecule has 2 aliphatic rings. The minimum atomic E-state index is -0.242. The third kappa shape index (κ3) is 5.48. The number of nitrogens with zero attached hydrogens (tertiary/aromatic N) is 1. The molecule has 2 rings (SSSR count). The number of primary amides is 1. The Morgan fingerprint density at radius 1 is 1.23 bits per heavy atom. The number of nitrogens with two attached hydrogens (primary N) is 1. The summed E-state index contributed by atoms with van der Waals surface area (Å²) < 4.78 is 5.54. The molecule has 2 fully saturated rings. The predicted octanol–water partition coefficient (Wildman–Crippen LogP) is 1.49. The number of carbonyl (C=O) groups excluding carboxylic acids is 2. The molecule has 0 aromatic heterocycles. The first-order valence-corrected chi connectivity index (χ1v) is 8.47. The van der Waals surface area contributed by atoms with Gasteiger partial charge in [-0.3, -0.25) is 4.79 Å². The number of nitrogens with one attached hydrogen (secondary N) is 1. The molecule has 2 heterocycles. The summed E-state index contributed by atoms with van der Waals surface area (Å²) in [6.45, 7) is 5.13. The van der Waals surface area contributed by atoms with Gasteiger partial charge in [-0.05, 0) is 50.9 Å². The quantitative estimate of drug-likeness (QED) is 0.806. The van der Waals surface area contributed by atoms with Crippen molar-refractivity contribution in [1.82, 2.24) is 10.2 Å². The average molecular weight is 311 g/mol. The van der Waals surface area contributed by atoms with Crippen LogP contribution in [-0.4, -0.2) is 49.2 Å². The molecule has 6 heteroatoms. The summed E-state index contributed by atoms with van der Waals surface area (Å²) in [6, 6.07) is 0.0256. The van der Waals surface area contributed by atoms with Crippen molar-refractivity contribution in [3.8, 4) is 0 Å². The van der Waals surface area contributed by atoms with Crippen molar-refractivity contribution in [1.29, 1.82) is 0 Å². The standard InChI is InChI=1S/C16H29N3O3/c1-12-10-13(5-9-22-12)2-6-18-16(21)19-7-3-14(4-8-19)11-15(17)20/h12-14H,2-11H2,1H3,(H2,17,20)(H,18,21). The number of urea groups is 1. The van der Waals surface area contributed by atoms with Crippen LogP contribution in [0.1, 0.15) is 45.4 Å². The molecule has 3 amide bonds. The van der Waals surface area contributed by atoms with E-state index in [2.05, 4.69) is 12.2 Å². The minimum absolute atomic E-state index is 0.0256. The molecule has 2 saturated heterocycles. The van der Waals surface area contributed by atoms with E-state index in [0.29, 0.717) is 24.4 Å². The Morgan fingerprint density at radius 3 is 2.59 bits per heavy atom. The highest BCUT2D eigenvalue weighted by molar-refractivity contribution is 5.75. The van der Waals surface area contributed by atoms with Gasteiger partial charge in [0.2, 0.25) is 5.91 Å². The monoisotopic (exact) mass is 311 g/mol. The Bertz CT molecular complexity index is 381. The van der Waals surface area contributed by atoms with E-state index >= 15 is 0 Å². The van der Waals surface area contributed by atoms with Crippen LogP contribution in [0.3, 0.4) is 0 Å². The van der Waals surface area contributed by atoms with Gasteiger partial charge in [-0.25, -0.2) is 4.79 Å². The second-order valence-corrected chi connectivity index (χ2v) is 6.69. The van der Waals surface area contributed by atoms with E-state index in [1.165, 1.54) is 0 Å². The van der Waals surface area contributed by atoms with Crippen LogP contribution >= 0.6 is 0 Å². The lowest BCUT2D eigenvalue weighted by molar-refractivity contribution is -0.119. The second-order valence-electron chi connectivity index (χ2n) is 6.69. The van der Waals surface area contributed by atoms with Crippen LogP contribution in [0, 0.1) is 11.8 Å². The third-order valence-electron chi connectivity index (χ3n) is 4.81. The van der Waals surface area contributed by atoms with Gasteiger partial charge in [-0.2, -0.15) is 0 Å². The Morgan fingerprint density at radius 2 is 1.95 bits per heavy atom. The highest BCUT2D eigenvalue weighted by Gasteiger charge is 2.24. The Kier molecular flexibility index (Phi) is 6.49. The summed E-state index contributed by atoms with van der Waals surface area (Å²) in [6.07, 6.45) is 5.74. The number of hydrogen-bond donors (Lipinski definition) is 2. The zero-order valence-electron chi connectivity index (χ0n) is 13.6. The second kappa shape index (κ2) is 8.36. The van der Waals surface area contributed by atoms with Gasteiger partial charge >= 0.3 is 6.03 Å². The van der Waals surface area contributed by atoms with E-state index in [1.54, 1.807) is 0 Å². The van der Waals surface area contributed by atoms with E-state index in [-0.39, 0.29) is 11.9 Å². The molecule has 2 atom stereocenters. The fourth-order valence-electron chi connectivity index (χ4n) is 3.47. The van der Waals surface area contributed by atoms with Crippen LogP contribution in [0.15, 0.2) is 0 Å². The summed E-state index contributed by atoms with van der Waals surface area (Å²) in [5, 5.41) is 3.02. The van der Waals surface area contributed by atoms with Gasteiger partial charge in [-0.15, -0.1) is 0 Å². The van der Waals surface area contributed by atoms with E-state index in [0.717, 1.165) is 58.3 Å². The number of amides is 3. The molecule has 2 unspecified atom stereocenters. The number of ether oxygens (including phenoxy) is 1. The number of likely N-dealkylation sites (tertiary alicyclic amines) is 1. The Balaban J connectivity index is 1.61. The van der Waals surface area contributed by atoms with E-state index in [1.807, 2.05) is 4.90 Å². The van der Waals surface area contributed by atoms with Gasteiger partial charge in [0, 0.05) is 32.7 Å². The van der Waals surface area contributed by atoms with Crippen molar-refractivity contribution < 1.29 is 14.3 Å². The van der Waals surface area contributed by atoms with Crippen LogP contribution < -0.4 is 11.1 Å². The van der Waals surface area contributed by atoms with Crippen LogP contribution in [0.5, 0.6) is 0 Å². The zero-order valence-corrected chi connectivity index (χ0v) is 13.6. The molecule has 3 N–H and O–H groups in total. The van der Waals surface area contributed by atoms with Crippen LogP contribution in [0.25, 0.3) is 0 Å². The molecule has 0 aromatic rings. The molecule has 0 bridgehead atoms. The van der Waals surface area contributed by atoms with Crippen molar-refractivity contribution in [2.24, 2.45) is 17.6 Å². The zero-order chi connectivity index (χ0) is 15.9. The Hall–Kier alpha value is -1.30. The fraction of sp³-hybridized carbons (Fsp3) is 0.875. The maximum atomic E-state index is 12.1. The lowest BCUT2D eigenvalue weighted by atomic mass is 9.93. The molecule has 0 saturated carbocycles. The number of piperidine rings is 1. The summed E-state index contributed by atoms with van der Waals surface area (Å²) >= 11 is 0. The van der Waals surface area contributed by atoms with Gasteiger partial charge < -0.3 is 20.7 Å². The largest absolute Gasteiger partial charge is 0.378 e. The third-order valence-corrected chi connectivity index (χ3v) is 4.81. The highest BCUT2D eigenvalue weighted by atomic mass is 16.5. The number of carbonyl (C=O) groups is 2. The molecule has 0 spiro atoms. The molecular weight excluding hydrogens is 282 g/mol. The summed E-state index contributed by atoms with van der Waals surface area (Å²) in [7, 11) is 0. The molecule has 0 aliphatic carbocycles. The first kappa shape index (κ1) is 17.1. The lowest BCUT2D eigenvalue weighted by Gasteiger charge is -2.32. The topological polar surface area (TPSA) is 84.7 Å². The lowest BCUT2D eigenvalue weighted by Crippen LogP contribution is -2.45.